The number of aliphatic hydroxyl groups is 1. The Balaban J connectivity index is 2.35. The minimum absolute atomic E-state index is 0.0902. The zero-order chi connectivity index (χ0) is 9.90. The second-order valence-corrected chi connectivity index (χ2v) is 4.14. The van der Waals surface area contributed by atoms with E-state index in [2.05, 4.69) is 6.92 Å². The molecule has 0 spiro atoms. The lowest BCUT2D eigenvalue weighted by molar-refractivity contribution is -0.138. The van der Waals surface area contributed by atoms with Crippen molar-refractivity contribution in [1.82, 2.24) is 0 Å². The van der Waals surface area contributed by atoms with Gasteiger partial charge in [-0.1, -0.05) is 13.3 Å². The van der Waals surface area contributed by atoms with Crippen LogP contribution in [0.2, 0.25) is 0 Å². The van der Waals surface area contributed by atoms with E-state index in [0.29, 0.717) is 12.3 Å². The van der Waals surface area contributed by atoms with E-state index in [1.807, 2.05) is 0 Å². The van der Waals surface area contributed by atoms with Crippen LogP contribution in [0.4, 0.5) is 0 Å². The van der Waals surface area contributed by atoms with Crippen LogP contribution in [0.5, 0.6) is 0 Å². The van der Waals surface area contributed by atoms with Crippen molar-refractivity contribution < 1.29 is 15.0 Å². The molecular formula is C10H18O3. The molecule has 1 aliphatic rings. The van der Waals surface area contributed by atoms with Crippen molar-refractivity contribution in [2.24, 2.45) is 5.92 Å². The van der Waals surface area contributed by atoms with E-state index >= 15 is 0 Å². The second-order valence-electron chi connectivity index (χ2n) is 4.14. The van der Waals surface area contributed by atoms with E-state index in [0.717, 1.165) is 25.7 Å². The van der Waals surface area contributed by atoms with Gasteiger partial charge in [0.25, 0.3) is 0 Å². The Labute approximate surface area is 78.8 Å². The quantitative estimate of drug-likeness (QED) is 0.703. The average molecular weight is 186 g/mol. The molecule has 1 fully saturated rings. The van der Waals surface area contributed by atoms with Crippen molar-refractivity contribution >= 4 is 5.97 Å². The molecule has 2 atom stereocenters. The average Bonchev–Trinajstić information content (AvgIpc) is 2.45. The van der Waals surface area contributed by atoms with Gasteiger partial charge in [0.05, 0.1) is 5.60 Å². The number of carboxylic acid groups (broad SMARTS) is 1. The summed E-state index contributed by atoms with van der Waals surface area (Å²) in [6.07, 6.45) is 4.21. The maximum Gasteiger partial charge on any atom is 0.303 e. The van der Waals surface area contributed by atoms with Gasteiger partial charge in [-0.2, -0.15) is 0 Å². The Bertz CT molecular complexity index is 191. The molecule has 3 nitrogen and oxygen atoms in total. The zero-order valence-electron chi connectivity index (χ0n) is 8.12. The maximum absolute atomic E-state index is 10.3. The normalized spacial score (nSPS) is 33.5. The van der Waals surface area contributed by atoms with Crippen molar-refractivity contribution in [3.8, 4) is 0 Å². The minimum atomic E-state index is -0.812. The summed E-state index contributed by atoms with van der Waals surface area (Å²) in [5.41, 5.74) is -0.681. The lowest BCUT2D eigenvalue weighted by Gasteiger charge is -2.21. The zero-order valence-corrected chi connectivity index (χ0v) is 8.12. The van der Waals surface area contributed by atoms with Crippen molar-refractivity contribution in [2.45, 2.75) is 51.0 Å². The van der Waals surface area contributed by atoms with Gasteiger partial charge >= 0.3 is 5.97 Å². The van der Waals surface area contributed by atoms with Crippen LogP contribution >= 0.6 is 0 Å². The number of hydrogen-bond acceptors (Lipinski definition) is 2. The summed E-state index contributed by atoms with van der Waals surface area (Å²) >= 11 is 0. The topological polar surface area (TPSA) is 57.5 Å². The SMILES string of the molecule is CCC1CCC(O)(CCC(=O)O)C1. The first-order chi connectivity index (χ1) is 6.06. The minimum Gasteiger partial charge on any atom is -0.481 e. The molecule has 0 aromatic rings. The first-order valence-electron chi connectivity index (χ1n) is 5.00. The van der Waals surface area contributed by atoms with Crippen LogP contribution < -0.4 is 0 Å². The lowest BCUT2D eigenvalue weighted by atomic mass is 9.94. The van der Waals surface area contributed by atoms with Gasteiger partial charge in [-0.15, -0.1) is 0 Å². The van der Waals surface area contributed by atoms with Crippen LogP contribution in [0.3, 0.4) is 0 Å². The van der Waals surface area contributed by atoms with E-state index in [1.165, 1.54) is 0 Å². The van der Waals surface area contributed by atoms with Gasteiger partial charge in [-0.25, -0.2) is 0 Å². The molecule has 76 valence electrons. The van der Waals surface area contributed by atoms with Gasteiger partial charge in [0.2, 0.25) is 0 Å². The molecule has 0 saturated heterocycles. The molecule has 3 heteroatoms. The highest BCUT2D eigenvalue weighted by Gasteiger charge is 2.36. The molecule has 0 heterocycles. The Hall–Kier alpha value is -0.570. The van der Waals surface area contributed by atoms with Crippen LogP contribution in [0.25, 0.3) is 0 Å². The highest BCUT2D eigenvalue weighted by atomic mass is 16.4. The summed E-state index contributed by atoms with van der Waals surface area (Å²) in [5.74, 6) is -0.216. The van der Waals surface area contributed by atoms with E-state index in [1.54, 1.807) is 0 Å². The fourth-order valence-corrected chi connectivity index (χ4v) is 2.13. The van der Waals surface area contributed by atoms with Crippen LogP contribution in [-0.4, -0.2) is 21.8 Å². The largest absolute Gasteiger partial charge is 0.481 e. The third-order valence-corrected chi connectivity index (χ3v) is 3.07. The van der Waals surface area contributed by atoms with Gasteiger partial charge in [0.1, 0.15) is 0 Å². The third-order valence-electron chi connectivity index (χ3n) is 3.07. The predicted octanol–water partition coefficient (Wildman–Crippen LogP) is 1.79. The van der Waals surface area contributed by atoms with Crippen LogP contribution in [-0.2, 0) is 4.79 Å². The molecular weight excluding hydrogens is 168 g/mol. The third kappa shape index (κ3) is 2.99. The molecule has 0 amide bonds. The van der Waals surface area contributed by atoms with Crippen LogP contribution in [0, 0.1) is 5.92 Å². The van der Waals surface area contributed by atoms with E-state index in [4.69, 9.17) is 5.11 Å². The fraction of sp³-hybridized carbons (Fsp3) is 0.900. The number of rotatable bonds is 4. The Morgan fingerprint density at radius 3 is 2.77 bits per heavy atom. The molecule has 1 rings (SSSR count). The molecule has 0 aliphatic heterocycles. The Morgan fingerprint density at radius 2 is 2.31 bits per heavy atom. The van der Waals surface area contributed by atoms with E-state index in [9.17, 15) is 9.90 Å². The summed E-state index contributed by atoms with van der Waals surface area (Å²) in [5, 5.41) is 18.5. The summed E-state index contributed by atoms with van der Waals surface area (Å²) in [4.78, 5) is 10.3. The highest BCUT2D eigenvalue weighted by molar-refractivity contribution is 5.66. The summed E-state index contributed by atoms with van der Waals surface area (Å²) in [6, 6.07) is 0. The fourth-order valence-electron chi connectivity index (χ4n) is 2.13. The summed E-state index contributed by atoms with van der Waals surface area (Å²) in [7, 11) is 0. The lowest BCUT2D eigenvalue weighted by Crippen LogP contribution is -2.25. The highest BCUT2D eigenvalue weighted by Crippen LogP contribution is 2.38. The van der Waals surface area contributed by atoms with E-state index in [-0.39, 0.29) is 6.42 Å². The number of aliphatic carboxylic acids is 1. The van der Waals surface area contributed by atoms with E-state index < -0.39 is 11.6 Å². The van der Waals surface area contributed by atoms with Gasteiger partial charge in [0.15, 0.2) is 0 Å². The van der Waals surface area contributed by atoms with Gasteiger partial charge < -0.3 is 10.2 Å². The standard InChI is InChI=1S/C10H18O3/c1-2-8-3-5-10(13,7-8)6-4-9(11)12/h8,13H,2-7H2,1H3,(H,11,12). The number of carboxylic acids is 1. The van der Waals surface area contributed by atoms with Crippen LogP contribution in [0.15, 0.2) is 0 Å². The summed E-state index contributed by atoms with van der Waals surface area (Å²) in [6.45, 7) is 2.12. The van der Waals surface area contributed by atoms with Crippen molar-refractivity contribution in [3.63, 3.8) is 0 Å². The number of carbonyl (C=O) groups is 1. The van der Waals surface area contributed by atoms with Crippen molar-refractivity contribution in [2.75, 3.05) is 0 Å². The smallest absolute Gasteiger partial charge is 0.303 e. The Kier molecular flexibility index (Phi) is 3.31. The number of hydrogen-bond donors (Lipinski definition) is 2. The first kappa shape index (κ1) is 10.5. The van der Waals surface area contributed by atoms with Crippen LogP contribution in [0.1, 0.15) is 45.4 Å². The molecule has 2 N–H and O–H groups in total. The monoisotopic (exact) mass is 186 g/mol. The molecule has 0 radical (unpaired) electrons. The first-order valence-corrected chi connectivity index (χ1v) is 5.00. The maximum atomic E-state index is 10.3. The molecule has 13 heavy (non-hydrogen) atoms. The molecule has 1 aliphatic carbocycles. The molecule has 1 saturated carbocycles. The van der Waals surface area contributed by atoms with Gasteiger partial charge in [0, 0.05) is 6.42 Å². The molecule has 0 aromatic heterocycles. The van der Waals surface area contributed by atoms with Crippen molar-refractivity contribution in [3.05, 3.63) is 0 Å². The predicted molar refractivity (Wildman–Crippen MR) is 49.5 cm³/mol. The summed E-state index contributed by atoms with van der Waals surface area (Å²) < 4.78 is 0. The molecule has 0 aromatic carbocycles. The van der Waals surface area contributed by atoms with Gasteiger partial charge in [-0.05, 0) is 31.6 Å². The second kappa shape index (κ2) is 4.09. The van der Waals surface area contributed by atoms with Crippen molar-refractivity contribution in [1.29, 1.82) is 0 Å². The van der Waals surface area contributed by atoms with Gasteiger partial charge in [-0.3, -0.25) is 4.79 Å². The Morgan fingerprint density at radius 1 is 1.62 bits per heavy atom. The molecule has 0 bridgehead atoms. The molecule has 2 unspecified atom stereocenters.